The number of aromatic nitrogens is 2. The van der Waals surface area contributed by atoms with E-state index in [2.05, 4.69) is 27.5 Å². The molecule has 0 saturated heterocycles. The number of imidazole rings is 1. The molecule has 3 N–H and O–H groups in total. The van der Waals surface area contributed by atoms with Crippen LogP contribution < -0.4 is 10.6 Å². The first-order valence-corrected chi connectivity index (χ1v) is 6.18. The monoisotopic (exact) mass is 246 g/mol. The third-order valence-corrected chi connectivity index (χ3v) is 2.74. The summed E-state index contributed by atoms with van der Waals surface area (Å²) in [7, 11) is 0. The highest BCUT2D eigenvalue weighted by atomic mass is 16.1. The fourth-order valence-electron chi connectivity index (χ4n) is 1.83. The molecule has 0 saturated carbocycles. The Kier molecular flexibility index (Phi) is 3.94. The molecule has 2 rings (SSSR count). The van der Waals surface area contributed by atoms with Gasteiger partial charge in [0.15, 0.2) is 0 Å². The summed E-state index contributed by atoms with van der Waals surface area (Å²) in [5, 5.41) is 6.12. The van der Waals surface area contributed by atoms with E-state index >= 15 is 0 Å². The second kappa shape index (κ2) is 5.64. The van der Waals surface area contributed by atoms with Gasteiger partial charge >= 0.3 is 0 Å². The summed E-state index contributed by atoms with van der Waals surface area (Å²) in [6, 6.07) is 5.53. The predicted molar refractivity (Wildman–Crippen MR) is 71.3 cm³/mol. The number of fused-ring (bicyclic) bond motifs is 1. The molecular formula is C13H18N4O. The van der Waals surface area contributed by atoms with Gasteiger partial charge in [0.2, 0.25) is 0 Å². The summed E-state index contributed by atoms with van der Waals surface area (Å²) in [6.07, 6.45) is 2.58. The average Bonchev–Trinajstić information content (AvgIpc) is 2.84. The standard InChI is InChI=1S/C13H18N4O/c1-3-7-14-9(2)17-13(18)10-5-4-6-11-12(10)16-8-15-11/h4-6,8-9,14H,3,7H2,1-2H3,(H,15,16)(H,17,18). The number of aromatic amines is 1. The second-order valence-corrected chi connectivity index (χ2v) is 4.25. The van der Waals surface area contributed by atoms with E-state index in [0.717, 1.165) is 18.5 Å². The maximum absolute atomic E-state index is 12.1. The molecule has 1 unspecified atom stereocenters. The molecule has 5 nitrogen and oxygen atoms in total. The topological polar surface area (TPSA) is 69.8 Å². The van der Waals surface area contributed by atoms with Gasteiger partial charge < -0.3 is 10.3 Å². The fourth-order valence-corrected chi connectivity index (χ4v) is 1.83. The van der Waals surface area contributed by atoms with Crippen molar-refractivity contribution in [2.75, 3.05) is 6.54 Å². The van der Waals surface area contributed by atoms with Crippen LogP contribution in [0, 0.1) is 0 Å². The van der Waals surface area contributed by atoms with E-state index in [1.165, 1.54) is 0 Å². The molecule has 0 aliphatic heterocycles. The Hall–Kier alpha value is -1.88. The Balaban J connectivity index is 2.11. The lowest BCUT2D eigenvalue weighted by atomic mass is 10.1. The molecule has 1 atom stereocenters. The third-order valence-electron chi connectivity index (χ3n) is 2.74. The van der Waals surface area contributed by atoms with Gasteiger partial charge in [-0.15, -0.1) is 0 Å². The van der Waals surface area contributed by atoms with Gasteiger partial charge in [-0.25, -0.2) is 4.98 Å². The van der Waals surface area contributed by atoms with Crippen LogP contribution in [0.2, 0.25) is 0 Å². The van der Waals surface area contributed by atoms with E-state index in [4.69, 9.17) is 0 Å². The zero-order valence-electron chi connectivity index (χ0n) is 10.7. The summed E-state index contributed by atoms with van der Waals surface area (Å²) in [5.74, 6) is -0.108. The van der Waals surface area contributed by atoms with E-state index < -0.39 is 0 Å². The summed E-state index contributed by atoms with van der Waals surface area (Å²) in [5.41, 5.74) is 2.17. The number of hydrogen-bond acceptors (Lipinski definition) is 3. The molecule has 1 aromatic heterocycles. The van der Waals surface area contributed by atoms with Crippen LogP contribution in [0.3, 0.4) is 0 Å². The molecule has 2 aromatic rings. The van der Waals surface area contributed by atoms with E-state index in [9.17, 15) is 4.79 Å². The molecule has 1 heterocycles. The van der Waals surface area contributed by atoms with Gasteiger partial charge in [0.1, 0.15) is 5.52 Å². The maximum atomic E-state index is 12.1. The average molecular weight is 246 g/mol. The molecule has 0 bridgehead atoms. The van der Waals surface area contributed by atoms with Crippen LogP contribution in [0.1, 0.15) is 30.6 Å². The first-order valence-electron chi connectivity index (χ1n) is 6.18. The Morgan fingerprint density at radius 3 is 3.11 bits per heavy atom. The molecule has 0 fully saturated rings. The molecule has 5 heteroatoms. The second-order valence-electron chi connectivity index (χ2n) is 4.25. The number of nitrogens with one attached hydrogen (secondary N) is 3. The van der Waals surface area contributed by atoms with Gasteiger partial charge in [-0.1, -0.05) is 13.0 Å². The minimum atomic E-state index is -0.108. The normalized spacial score (nSPS) is 12.6. The highest BCUT2D eigenvalue weighted by molar-refractivity contribution is 6.04. The number of nitrogens with zero attached hydrogens (tertiary/aromatic N) is 1. The molecule has 0 aliphatic rings. The van der Waals surface area contributed by atoms with Crippen molar-refractivity contribution in [1.82, 2.24) is 20.6 Å². The van der Waals surface area contributed by atoms with Crippen molar-refractivity contribution in [2.24, 2.45) is 0 Å². The van der Waals surface area contributed by atoms with Gasteiger partial charge in [0, 0.05) is 0 Å². The van der Waals surface area contributed by atoms with Crippen molar-refractivity contribution in [3.05, 3.63) is 30.1 Å². The summed E-state index contributed by atoms with van der Waals surface area (Å²) in [4.78, 5) is 19.3. The van der Waals surface area contributed by atoms with Crippen molar-refractivity contribution in [2.45, 2.75) is 26.4 Å². The molecule has 1 amide bonds. The molecule has 0 spiro atoms. The molecule has 0 radical (unpaired) electrons. The minimum Gasteiger partial charge on any atom is -0.345 e. The third kappa shape index (κ3) is 2.68. The van der Waals surface area contributed by atoms with E-state index in [1.54, 1.807) is 12.4 Å². The number of amides is 1. The number of H-pyrrole nitrogens is 1. The van der Waals surface area contributed by atoms with Gasteiger partial charge in [0.25, 0.3) is 5.91 Å². The van der Waals surface area contributed by atoms with Crippen LogP contribution in [-0.4, -0.2) is 28.6 Å². The van der Waals surface area contributed by atoms with Crippen LogP contribution in [0.5, 0.6) is 0 Å². The lowest BCUT2D eigenvalue weighted by Crippen LogP contribution is -2.43. The van der Waals surface area contributed by atoms with Gasteiger partial charge in [0.05, 0.1) is 23.6 Å². The quantitative estimate of drug-likeness (QED) is 0.702. The minimum absolute atomic E-state index is 0.0494. The van der Waals surface area contributed by atoms with Gasteiger partial charge in [-0.2, -0.15) is 0 Å². The molecule has 0 aliphatic carbocycles. The maximum Gasteiger partial charge on any atom is 0.254 e. The van der Waals surface area contributed by atoms with Crippen molar-refractivity contribution < 1.29 is 4.79 Å². The highest BCUT2D eigenvalue weighted by Gasteiger charge is 2.13. The zero-order valence-corrected chi connectivity index (χ0v) is 10.7. The van der Waals surface area contributed by atoms with Crippen molar-refractivity contribution in [3.8, 4) is 0 Å². The predicted octanol–water partition coefficient (Wildman–Crippen LogP) is 1.64. The van der Waals surface area contributed by atoms with E-state index in [-0.39, 0.29) is 12.1 Å². The van der Waals surface area contributed by atoms with Crippen LogP contribution in [-0.2, 0) is 0 Å². The number of hydrogen-bond donors (Lipinski definition) is 3. The lowest BCUT2D eigenvalue weighted by Gasteiger charge is -2.15. The zero-order chi connectivity index (χ0) is 13.0. The largest absolute Gasteiger partial charge is 0.345 e. The first-order chi connectivity index (χ1) is 8.72. The highest BCUT2D eigenvalue weighted by Crippen LogP contribution is 2.14. The van der Waals surface area contributed by atoms with Crippen molar-refractivity contribution in [1.29, 1.82) is 0 Å². The SMILES string of the molecule is CCCNC(C)NC(=O)c1cccc2[nH]cnc12. The van der Waals surface area contributed by atoms with Crippen LogP contribution in [0.15, 0.2) is 24.5 Å². The fraction of sp³-hybridized carbons (Fsp3) is 0.385. The van der Waals surface area contributed by atoms with Crippen LogP contribution in [0.25, 0.3) is 11.0 Å². The number of rotatable bonds is 5. The smallest absolute Gasteiger partial charge is 0.254 e. The number of para-hydroxylation sites is 1. The number of carbonyl (C=O) groups is 1. The van der Waals surface area contributed by atoms with E-state index in [0.29, 0.717) is 11.1 Å². The molecule has 18 heavy (non-hydrogen) atoms. The Labute approximate surface area is 106 Å². The molecular weight excluding hydrogens is 228 g/mol. The summed E-state index contributed by atoms with van der Waals surface area (Å²) in [6.45, 7) is 4.90. The van der Waals surface area contributed by atoms with Gasteiger partial charge in [-0.3, -0.25) is 10.1 Å². The van der Waals surface area contributed by atoms with Crippen molar-refractivity contribution in [3.63, 3.8) is 0 Å². The molecule has 96 valence electrons. The van der Waals surface area contributed by atoms with Crippen molar-refractivity contribution >= 4 is 16.9 Å². The lowest BCUT2D eigenvalue weighted by molar-refractivity contribution is 0.0935. The van der Waals surface area contributed by atoms with Crippen LogP contribution >= 0.6 is 0 Å². The van der Waals surface area contributed by atoms with E-state index in [1.807, 2.05) is 19.1 Å². The Morgan fingerprint density at radius 1 is 1.50 bits per heavy atom. The first kappa shape index (κ1) is 12.6. The Morgan fingerprint density at radius 2 is 2.33 bits per heavy atom. The number of carbonyl (C=O) groups excluding carboxylic acids is 1. The van der Waals surface area contributed by atoms with Crippen LogP contribution in [0.4, 0.5) is 0 Å². The summed E-state index contributed by atoms with van der Waals surface area (Å²) >= 11 is 0. The number of benzene rings is 1. The Bertz CT molecular complexity index is 535. The van der Waals surface area contributed by atoms with Gasteiger partial charge in [-0.05, 0) is 32.0 Å². The molecule has 1 aromatic carbocycles. The summed E-state index contributed by atoms with van der Waals surface area (Å²) < 4.78 is 0.